The molecule has 1 aromatic carbocycles. The normalized spacial score (nSPS) is 11.7. The highest BCUT2D eigenvalue weighted by molar-refractivity contribution is 6.16. The first-order valence-corrected chi connectivity index (χ1v) is 9.27. The minimum atomic E-state index is -1.12. The lowest BCUT2D eigenvalue weighted by Gasteiger charge is -2.11. The van der Waals surface area contributed by atoms with Gasteiger partial charge in [0.1, 0.15) is 23.0 Å². The summed E-state index contributed by atoms with van der Waals surface area (Å²) in [6.07, 6.45) is 3.21. The van der Waals surface area contributed by atoms with E-state index < -0.39 is 23.2 Å². The molecule has 0 aliphatic carbocycles. The van der Waals surface area contributed by atoms with Gasteiger partial charge in [0.25, 0.3) is 0 Å². The number of pyridine rings is 1. The average Bonchev–Trinajstić information content (AvgIpc) is 2.77. The van der Waals surface area contributed by atoms with E-state index in [0.717, 1.165) is 19.2 Å². The fourth-order valence-electron chi connectivity index (χ4n) is 2.60. The molecule has 160 valence electrons. The number of hydrogen-bond acceptors (Lipinski definition) is 6. The molecule has 2 rings (SSSR count). The highest BCUT2D eigenvalue weighted by Gasteiger charge is 2.22. The van der Waals surface area contributed by atoms with Crippen molar-refractivity contribution in [3.8, 4) is 11.8 Å². The molecule has 8 heteroatoms. The number of methoxy groups -OCH3 is 1. The minimum Gasteiger partial charge on any atom is -0.465 e. The van der Waals surface area contributed by atoms with E-state index in [1.807, 2.05) is 6.92 Å². The van der Waals surface area contributed by atoms with Crippen LogP contribution in [-0.4, -0.2) is 30.8 Å². The number of esters is 1. The summed E-state index contributed by atoms with van der Waals surface area (Å²) in [5.41, 5.74) is 6.78. The van der Waals surface area contributed by atoms with Crippen molar-refractivity contribution in [2.45, 2.75) is 13.3 Å². The van der Waals surface area contributed by atoms with Crippen LogP contribution in [0.3, 0.4) is 0 Å². The van der Waals surface area contributed by atoms with Crippen LogP contribution in [0.1, 0.15) is 34.8 Å². The first-order valence-electron chi connectivity index (χ1n) is 9.27. The lowest BCUT2D eigenvalue weighted by molar-refractivity contribution is 0.0590. The topological polar surface area (TPSA) is 89.6 Å². The number of rotatable bonds is 6. The van der Waals surface area contributed by atoms with Crippen LogP contribution in [0.15, 0.2) is 59.5 Å². The fourth-order valence-corrected chi connectivity index (χ4v) is 2.60. The number of aliphatic imine (C=N–C) groups is 1. The monoisotopic (exact) mass is 424 g/mol. The first-order chi connectivity index (χ1) is 14.9. The molecule has 31 heavy (non-hydrogen) atoms. The van der Waals surface area contributed by atoms with Crippen LogP contribution in [0.5, 0.6) is 0 Å². The molecule has 1 aromatic heterocycles. The number of nitrogens with one attached hydrogen (secondary N) is 1. The van der Waals surface area contributed by atoms with E-state index in [9.17, 15) is 13.6 Å². The standard InChI is InChI=1S/C23H22F2N4O2/c1-5-19(26)16(9-7-14-8-10-20(27-3)29-13-14)22(28-6-2)15-11-17(24)21(18(25)12-15)23(30)31-4/h6,8,10-13H,2,5,26H2,1,3-4H3,(H,27,29)/b19-16-,28-22?. The maximum atomic E-state index is 14.5. The van der Waals surface area contributed by atoms with Crippen LogP contribution in [0.4, 0.5) is 14.6 Å². The Morgan fingerprint density at radius 1 is 1.35 bits per heavy atom. The highest BCUT2D eigenvalue weighted by atomic mass is 19.1. The first kappa shape index (κ1) is 23.3. The molecule has 0 amide bonds. The third-order valence-corrected chi connectivity index (χ3v) is 4.22. The van der Waals surface area contributed by atoms with Gasteiger partial charge in [-0.1, -0.05) is 25.3 Å². The largest absolute Gasteiger partial charge is 0.465 e. The summed E-state index contributed by atoms with van der Waals surface area (Å²) < 4.78 is 33.4. The summed E-state index contributed by atoms with van der Waals surface area (Å²) in [6, 6.07) is 5.48. The van der Waals surface area contributed by atoms with Crippen molar-refractivity contribution in [2.24, 2.45) is 10.7 Å². The molecule has 0 aliphatic heterocycles. The number of anilines is 1. The number of hydrogen-bond donors (Lipinski definition) is 2. The van der Waals surface area contributed by atoms with Crippen molar-refractivity contribution in [3.63, 3.8) is 0 Å². The van der Waals surface area contributed by atoms with Crippen LogP contribution < -0.4 is 11.1 Å². The Morgan fingerprint density at radius 2 is 2.03 bits per heavy atom. The molecule has 0 bridgehead atoms. The van der Waals surface area contributed by atoms with Gasteiger partial charge in [0.15, 0.2) is 0 Å². The summed E-state index contributed by atoms with van der Waals surface area (Å²) in [7, 11) is 2.79. The molecule has 0 unspecified atom stereocenters. The van der Waals surface area contributed by atoms with E-state index >= 15 is 0 Å². The van der Waals surface area contributed by atoms with Crippen LogP contribution in [-0.2, 0) is 4.74 Å². The highest BCUT2D eigenvalue weighted by Crippen LogP contribution is 2.21. The number of benzene rings is 1. The summed E-state index contributed by atoms with van der Waals surface area (Å²) in [5, 5.41) is 2.91. The lowest BCUT2D eigenvalue weighted by Crippen LogP contribution is -2.14. The Kier molecular flexibility index (Phi) is 8.03. The Labute approximate surface area is 179 Å². The van der Waals surface area contributed by atoms with Gasteiger partial charge in [0.2, 0.25) is 0 Å². The molecule has 0 spiro atoms. The van der Waals surface area contributed by atoms with Gasteiger partial charge in [-0.25, -0.2) is 18.6 Å². The quantitative estimate of drug-likeness (QED) is 0.418. The van der Waals surface area contributed by atoms with E-state index in [1.165, 1.54) is 6.20 Å². The maximum Gasteiger partial charge on any atom is 0.343 e. The second-order valence-electron chi connectivity index (χ2n) is 6.15. The van der Waals surface area contributed by atoms with Crippen molar-refractivity contribution in [3.05, 3.63) is 82.8 Å². The molecular formula is C23H22F2N4O2. The molecule has 6 nitrogen and oxygen atoms in total. The SMILES string of the molecule is C=CN=C(/C(C#Cc1ccc(NC)nc1)=C(\N)CC)c1cc(F)c(C(=O)OC)c(F)c1. The van der Waals surface area contributed by atoms with Crippen molar-refractivity contribution >= 4 is 17.5 Å². The molecule has 0 aliphatic rings. The lowest BCUT2D eigenvalue weighted by atomic mass is 9.97. The summed E-state index contributed by atoms with van der Waals surface area (Å²) in [6.45, 7) is 5.37. The molecule has 3 N–H and O–H groups in total. The second kappa shape index (κ2) is 10.7. The Balaban J connectivity index is 2.61. The number of allylic oxidation sites excluding steroid dienone is 2. The van der Waals surface area contributed by atoms with E-state index in [-0.39, 0.29) is 16.8 Å². The van der Waals surface area contributed by atoms with Crippen LogP contribution in [0.25, 0.3) is 0 Å². The minimum absolute atomic E-state index is 0.0481. The number of nitrogens with zero attached hydrogens (tertiary/aromatic N) is 2. The van der Waals surface area contributed by atoms with Crippen molar-refractivity contribution < 1.29 is 18.3 Å². The molecule has 0 fully saturated rings. The zero-order valence-electron chi connectivity index (χ0n) is 17.4. The summed E-state index contributed by atoms with van der Waals surface area (Å²) in [4.78, 5) is 20.0. The van der Waals surface area contributed by atoms with E-state index in [2.05, 4.69) is 38.4 Å². The molecule has 0 radical (unpaired) electrons. The molecule has 0 atom stereocenters. The molecule has 0 saturated heterocycles. The number of halogens is 2. The van der Waals surface area contributed by atoms with E-state index in [4.69, 9.17) is 5.73 Å². The van der Waals surface area contributed by atoms with Gasteiger partial charge in [-0.3, -0.25) is 4.99 Å². The summed E-state index contributed by atoms with van der Waals surface area (Å²) >= 11 is 0. The number of aromatic nitrogens is 1. The third kappa shape index (κ3) is 5.54. The van der Waals surface area contributed by atoms with Crippen LogP contribution in [0.2, 0.25) is 0 Å². The van der Waals surface area contributed by atoms with Gasteiger partial charge in [0.05, 0.1) is 18.4 Å². The molecule has 2 aromatic rings. The zero-order valence-corrected chi connectivity index (χ0v) is 17.4. The molecule has 0 saturated carbocycles. The molecular weight excluding hydrogens is 402 g/mol. The molecule has 1 heterocycles. The van der Waals surface area contributed by atoms with Gasteiger partial charge in [-0.05, 0) is 30.7 Å². The zero-order chi connectivity index (χ0) is 23.0. The third-order valence-electron chi connectivity index (χ3n) is 4.22. The number of carbonyl (C=O) groups is 1. The average molecular weight is 424 g/mol. The summed E-state index contributed by atoms with van der Waals surface area (Å²) in [5.74, 6) is 3.24. The predicted octanol–water partition coefficient (Wildman–Crippen LogP) is 3.80. The fraction of sp³-hybridized carbons (Fsp3) is 0.174. The van der Waals surface area contributed by atoms with Crippen molar-refractivity contribution in [1.82, 2.24) is 4.98 Å². The Bertz CT molecular complexity index is 1090. The Hall–Kier alpha value is -3.99. The van der Waals surface area contributed by atoms with E-state index in [1.54, 1.807) is 25.4 Å². The van der Waals surface area contributed by atoms with Gasteiger partial charge in [-0.2, -0.15) is 0 Å². The van der Waals surface area contributed by atoms with Crippen LogP contribution >= 0.6 is 0 Å². The number of carbonyl (C=O) groups excluding carboxylic acids is 1. The van der Waals surface area contributed by atoms with E-state index in [0.29, 0.717) is 23.5 Å². The van der Waals surface area contributed by atoms with Crippen LogP contribution in [0, 0.1) is 23.5 Å². The second-order valence-corrected chi connectivity index (χ2v) is 6.15. The van der Waals surface area contributed by atoms with Crippen molar-refractivity contribution in [2.75, 3.05) is 19.5 Å². The maximum absolute atomic E-state index is 14.5. The smallest absolute Gasteiger partial charge is 0.343 e. The number of ether oxygens (including phenoxy) is 1. The van der Waals surface area contributed by atoms with Gasteiger partial charge < -0.3 is 15.8 Å². The predicted molar refractivity (Wildman–Crippen MR) is 117 cm³/mol. The Morgan fingerprint density at radius 3 is 2.52 bits per heavy atom. The van der Waals surface area contributed by atoms with Gasteiger partial charge in [-0.15, -0.1) is 0 Å². The van der Waals surface area contributed by atoms with Crippen molar-refractivity contribution in [1.29, 1.82) is 0 Å². The number of nitrogens with two attached hydrogens (primary N) is 1. The van der Waals surface area contributed by atoms with Gasteiger partial charge >= 0.3 is 5.97 Å². The van der Waals surface area contributed by atoms with Gasteiger partial charge in [0, 0.05) is 36.3 Å².